The number of rotatable bonds is 2. The van der Waals surface area contributed by atoms with Crippen molar-refractivity contribution in [1.29, 1.82) is 0 Å². The molecule has 0 spiro atoms. The van der Waals surface area contributed by atoms with E-state index in [1.807, 2.05) is 0 Å². The van der Waals surface area contributed by atoms with Crippen LogP contribution >= 0.6 is 11.3 Å². The molecule has 0 aliphatic rings. The smallest absolute Gasteiger partial charge is 0.360 e. The predicted molar refractivity (Wildman–Crippen MR) is 59.6 cm³/mol. The summed E-state index contributed by atoms with van der Waals surface area (Å²) < 4.78 is 5.15. The molecule has 0 bridgehead atoms. The van der Waals surface area contributed by atoms with Crippen LogP contribution in [0.4, 0.5) is 5.00 Å². The van der Waals surface area contributed by atoms with Crippen molar-refractivity contribution in [3.63, 3.8) is 0 Å². The van der Waals surface area contributed by atoms with Gasteiger partial charge in [-0.05, 0) is 20.8 Å². The minimum Gasteiger partial charge on any atom is -0.455 e. The van der Waals surface area contributed by atoms with Crippen molar-refractivity contribution in [3.8, 4) is 0 Å². The average Bonchev–Trinajstić information content (AvgIpc) is 2.43. The van der Waals surface area contributed by atoms with E-state index < -0.39 is 11.6 Å². The summed E-state index contributed by atoms with van der Waals surface area (Å²) in [6.45, 7) is 5.64. The molecule has 0 amide bonds. The maximum absolute atomic E-state index is 11.6. The lowest BCUT2D eigenvalue weighted by atomic mass is 10.2. The molecule has 5 nitrogen and oxygen atoms in total. The van der Waals surface area contributed by atoms with Gasteiger partial charge < -0.3 is 16.2 Å². The van der Waals surface area contributed by atoms with Gasteiger partial charge in [0.1, 0.15) is 15.6 Å². The van der Waals surface area contributed by atoms with E-state index in [0.29, 0.717) is 10.0 Å². The van der Waals surface area contributed by atoms with Gasteiger partial charge in [0.15, 0.2) is 5.69 Å². The van der Waals surface area contributed by atoms with Crippen LogP contribution < -0.4 is 11.5 Å². The van der Waals surface area contributed by atoms with Crippen LogP contribution in [-0.2, 0) is 11.3 Å². The fourth-order valence-corrected chi connectivity index (χ4v) is 1.64. The Labute approximate surface area is 92.4 Å². The van der Waals surface area contributed by atoms with E-state index >= 15 is 0 Å². The minimum absolute atomic E-state index is 0.162. The molecule has 15 heavy (non-hydrogen) atoms. The van der Waals surface area contributed by atoms with E-state index in [4.69, 9.17) is 16.2 Å². The molecule has 1 heterocycles. The molecule has 0 aromatic carbocycles. The van der Waals surface area contributed by atoms with Crippen LogP contribution in [0.2, 0.25) is 0 Å². The second-order valence-corrected chi connectivity index (χ2v) is 5.14. The van der Waals surface area contributed by atoms with E-state index in [1.165, 1.54) is 11.3 Å². The van der Waals surface area contributed by atoms with Gasteiger partial charge in [-0.3, -0.25) is 0 Å². The highest BCUT2D eigenvalue weighted by molar-refractivity contribution is 7.15. The van der Waals surface area contributed by atoms with Gasteiger partial charge in [0.2, 0.25) is 0 Å². The number of nitrogens with zero attached hydrogens (tertiary/aromatic N) is 1. The molecule has 0 aliphatic heterocycles. The molecule has 6 heteroatoms. The summed E-state index contributed by atoms with van der Waals surface area (Å²) >= 11 is 1.21. The van der Waals surface area contributed by atoms with E-state index in [2.05, 4.69) is 4.98 Å². The van der Waals surface area contributed by atoms with Crippen molar-refractivity contribution in [2.75, 3.05) is 5.73 Å². The summed E-state index contributed by atoms with van der Waals surface area (Å²) in [5, 5.41) is 0.984. The molecule has 84 valence electrons. The highest BCUT2D eigenvalue weighted by Crippen LogP contribution is 2.23. The van der Waals surface area contributed by atoms with Gasteiger partial charge in [0.25, 0.3) is 0 Å². The summed E-state index contributed by atoms with van der Waals surface area (Å²) in [7, 11) is 0. The van der Waals surface area contributed by atoms with Gasteiger partial charge in [-0.1, -0.05) is 11.3 Å². The van der Waals surface area contributed by atoms with Crippen LogP contribution in [0.25, 0.3) is 0 Å². The number of nitrogens with two attached hydrogens (primary N) is 2. The van der Waals surface area contributed by atoms with Crippen LogP contribution in [0.1, 0.15) is 36.3 Å². The fraction of sp³-hybridized carbons (Fsp3) is 0.556. The largest absolute Gasteiger partial charge is 0.455 e. The van der Waals surface area contributed by atoms with Crippen molar-refractivity contribution >= 4 is 22.3 Å². The summed E-state index contributed by atoms with van der Waals surface area (Å²) in [5.41, 5.74) is 10.7. The topological polar surface area (TPSA) is 91.2 Å². The third-order valence-corrected chi connectivity index (χ3v) is 2.37. The summed E-state index contributed by atoms with van der Waals surface area (Å²) in [6, 6.07) is 0. The minimum atomic E-state index is -0.546. The number of hydrogen-bond acceptors (Lipinski definition) is 6. The van der Waals surface area contributed by atoms with Crippen LogP contribution in [-0.4, -0.2) is 16.6 Å². The number of hydrogen-bond donors (Lipinski definition) is 2. The number of nitrogen functional groups attached to an aromatic ring is 1. The fourth-order valence-electron chi connectivity index (χ4n) is 0.938. The first-order valence-corrected chi connectivity index (χ1v) is 5.33. The zero-order valence-electron chi connectivity index (χ0n) is 9.03. The van der Waals surface area contributed by atoms with Gasteiger partial charge in [-0.25, -0.2) is 9.78 Å². The summed E-state index contributed by atoms with van der Waals surface area (Å²) in [5.74, 6) is -0.504. The highest BCUT2D eigenvalue weighted by atomic mass is 32.1. The monoisotopic (exact) mass is 229 g/mol. The molecule has 0 fully saturated rings. The summed E-state index contributed by atoms with van der Waals surface area (Å²) in [4.78, 5) is 15.6. The Hall–Kier alpha value is -1.14. The van der Waals surface area contributed by atoms with Crippen molar-refractivity contribution < 1.29 is 9.53 Å². The van der Waals surface area contributed by atoms with Gasteiger partial charge in [-0.15, -0.1) is 0 Å². The first-order valence-electron chi connectivity index (χ1n) is 4.52. The normalized spacial score (nSPS) is 11.5. The molecule has 4 N–H and O–H groups in total. The third-order valence-electron chi connectivity index (χ3n) is 1.46. The molecule has 1 aromatic rings. The van der Waals surface area contributed by atoms with Crippen LogP contribution in [0.3, 0.4) is 0 Å². The quantitative estimate of drug-likeness (QED) is 0.742. The maximum Gasteiger partial charge on any atom is 0.360 e. The van der Waals surface area contributed by atoms with Crippen LogP contribution in [0.5, 0.6) is 0 Å². The summed E-state index contributed by atoms with van der Waals surface area (Å²) in [6.07, 6.45) is 0. The van der Waals surface area contributed by atoms with E-state index in [-0.39, 0.29) is 12.2 Å². The van der Waals surface area contributed by atoms with Gasteiger partial charge >= 0.3 is 5.97 Å². The lowest BCUT2D eigenvalue weighted by molar-refractivity contribution is 0.00648. The average molecular weight is 229 g/mol. The Balaban J connectivity index is 2.87. The van der Waals surface area contributed by atoms with Crippen LogP contribution in [0.15, 0.2) is 0 Å². The number of carbonyl (C=O) groups is 1. The molecule has 1 rings (SSSR count). The Morgan fingerprint density at radius 2 is 2.13 bits per heavy atom. The molecular weight excluding hydrogens is 214 g/mol. The number of ether oxygens (including phenoxy) is 1. The second-order valence-electron chi connectivity index (χ2n) is 4.03. The number of esters is 1. The lowest BCUT2D eigenvalue weighted by Gasteiger charge is -2.18. The van der Waals surface area contributed by atoms with Gasteiger partial charge in [0.05, 0.1) is 0 Å². The zero-order chi connectivity index (χ0) is 11.6. The number of carbonyl (C=O) groups excluding carboxylic acids is 1. The zero-order valence-corrected chi connectivity index (χ0v) is 9.85. The van der Waals surface area contributed by atoms with Crippen LogP contribution in [0, 0.1) is 0 Å². The Morgan fingerprint density at radius 3 is 2.53 bits per heavy atom. The number of thiazole rings is 1. The lowest BCUT2D eigenvalue weighted by Crippen LogP contribution is -2.24. The molecule has 0 saturated heterocycles. The predicted octanol–water partition coefficient (Wildman–Crippen LogP) is 1.14. The molecule has 0 saturated carbocycles. The van der Waals surface area contributed by atoms with E-state index in [9.17, 15) is 4.79 Å². The van der Waals surface area contributed by atoms with E-state index in [0.717, 1.165) is 0 Å². The van der Waals surface area contributed by atoms with Crippen molar-refractivity contribution in [2.45, 2.75) is 32.9 Å². The van der Waals surface area contributed by atoms with Crippen molar-refractivity contribution in [3.05, 3.63) is 10.7 Å². The highest BCUT2D eigenvalue weighted by Gasteiger charge is 2.22. The molecule has 0 aliphatic carbocycles. The molecule has 0 unspecified atom stereocenters. The molecule has 0 atom stereocenters. The standard InChI is InChI=1S/C9H15N3O2S/c1-9(2,3)14-8(13)6-7(11)15-5(4-10)12-6/h4,10-11H2,1-3H3. The third kappa shape index (κ3) is 3.17. The van der Waals surface area contributed by atoms with E-state index in [1.54, 1.807) is 20.8 Å². The maximum atomic E-state index is 11.6. The Morgan fingerprint density at radius 1 is 1.53 bits per heavy atom. The number of anilines is 1. The first kappa shape index (κ1) is 11.9. The van der Waals surface area contributed by atoms with Crippen molar-refractivity contribution in [1.82, 2.24) is 4.98 Å². The Bertz CT molecular complexity index is 368. The van der Waals surface area contributed by atoms with Gasteiger partial charge in [0, 0.05) is 6.54 Å². The van der Waals surface area contributed by atoms with Crippen molar-refractivity contribution in [2.24, 2.45) is 5.73 Å². The second kappa shape index (κ2) is 4.16. The Kier molecular flexibility index (Phi) is 3.31. The molecule has 1 aromatic heterocycles. The van der Waals surface area contributed by atoms with Gasteiger partial charge in [-0.2, -0.15) is 0 Å². The molecular formula is C9H15N3O2S. The number of aromatic nitrogens is 1. The first-order chi connectivity index (χ1) is 6.83. The SMILES string of the molecule is CC(C)(C)OC(=O)c1nc(CN)sc1N. The molecule has 0 radical (unpaired) electrons.